The van der Waals surface area contributed by atoms with Crippen molar-refractivity contribution in [2.75, 3.05) is 0 Å². The van der Waals surface area contributed by atoms with Gasteiger partial charge in [-0.15, -0.1) is 10.2 Å². The zero-order valence-corrected chi connectivity index (χ0v) is 29.5. The van der Waals surface area contributed by atoms with Crippen molar-refractivity contribution in [2.45, 2.75) is 110 Å². The summed E-state index contributed by atoms with van der Waals surface area (Å²) in [6.45, 7) is 33.8. The van der Waals surface area contributed by atoms with Crippen molar-refractivity contribution >= 4 is 33.9 Å². The highest BCUT2D eigenvalue weighted by Gasteiger charge is 2.41. The van der Waals surface area contributed by atoms with Crippen LogP contribution in [-0.4, -0.2) is 32.9 Å². The Labute approximate surface area is 253 Å². The molecule has 0 saturated heterocycles. The maximum atomic E-state index is 7.42. The molecule has 222 valence electrons. The van der Waals surface area contributed by atoms with Crippen LogP contribution in [0.3, 0.4) is 0 Å². The average molecular weight is 612 g/mol. The second-order valence-electron chi connectivity index (χ2n) is 14.0. The Hall–Kier alpha value is -2.45. The summed E-state index contributed by atoms with van der Waals surface area (Å²) in [5, 5.41) is 9.62. The topological polar surface area (TPSA) is 61.7 Å². The van der Waals surface area contributed by atoms with E-state index in [2.05, 4.69) is 89.7 Å². The van der Waals surface area contributed by atoms with Crippen molar-refractivity contribution < 1.29 is 13.3 Å². The second-order valence-corrected chi connectivity index (χ2v) is 23.9. The van der Waals surface area contributed by atoms with E-state index in [1.807, 2.05) is 37.3 Å². The van der Waals surface area contributed by atoms with Gasteiger partial charge < -0.3 is 13.3 Å². The molecule has 0 bridgehead atoms. The Kier molecular flexibility index (Phi) is 9.71. The fraction of sp³-hybridized carbons (Fsp3) is 0.531. The van der Waals surface area contributed by atoms with Crippen molar-refractivity contribution in [3.05, 3.63) is 69.9 Å². The average Bonchev–Trinajstić information content (AvgIpc) is 3.33. The number of benzene rings is 2. The lowest BCUT2D eigenvalue weighted by atomic mass is 9.92. The van der Waals surface area contributed by atoms with Crippen LogP contribution in [0.1, 0.15) is 71.4 Å². The van der Waals surface area contributed by atoms with Gasteiger partial charge in [0.15, 0.2) is 8.32 Å². The number of hydrogen-bond acceptors (Lipinski definition) is 5. The van der Waals surface area contributed by atoms with Crippen LogP contribution in [0.15, 0.2) is 40.8 Å². The highest BCUT2D eigenvalue weighted by atomic mass is 35.5. The summed E-state index contributed by atoms with van der Waals surface area (Å²) >= 11 is 6.55. The molecule has 41 heavy (non-hydrogen) atoms. The molecular formula is C32H46ClN3O3Si2. The fourth-order valence-corrected chi connectivity index (χ4v) is 6.77. The van der Waals surface area contributed by atoms with Crippen LogP contribution in [0.5, 0.6) is 5.75 Å². The van der Waals surface area contributed by atoms with Gasteiger partial charge in [-0.3, -0.25) is 0 Å². The zero-order chi connectivity index (χ0) is 31.0. The highest BCUT2D eigenvalue weighted by molar-refractivity contribution is 6.75. The van der Waals surface area contributed by atoms with Crippen LogP contribution < -0.4 is 4.43 Å². The molecule has 0 aliphatic rings. The maximum Gasteiger partial charge on any atom is 0.250 e. The van der Waals surface area contributed by atoms with Crippen molar-refractivity contribution in [1.82, 2.24) is 10.2 Å². The molecule has 0 aliphatic carbocycles. The second kappa shape index (κ2) is 12.0. The summed E-state index contributed by atoms with van der Waals surface area (Å²) in [7, 11) is -4.10. The van der Waals surface area contributed by atoms with E-state index in [0.29, 0.717) is 28.9 Å². The predicted molar refractivity (Wildman–Crippen MR) is 174 cm³/mol. The van der Waals surface area contributed by atoms with Gasteiger partial charge >= 0.3 is 0 Å². The molecule has 0 fully saturated rings. The summed E-state index contributed by atoms with van der Waals surface area (Å²) in [4.78, 5) is 3.55. The third-order valence-corrected chi connectivity index (χ3v) is 18.3. The summed E-state index contributed by atoms with van der Waals surface area (Å²) in [6, 6.07) is 11.6. The summed E-state index contributed by atoms with van der Waals surface area (Å²) in [5.41, 5.74) is 3.19. The Morgan fingerprint density at radius 3 is 2.20 bits per heavy atom. The minimum absolute atomic E-state index is 0.0485. The van der Waals surface area contributed by atoms with E-state index in [-0.39, 0.29) is 22.1 Å². The molecule has 0 unspecified atom stereocenters. The first kappa shape index (κ1) is 33.1. The van der Waals surface area contributed by atoms with Gasteiger partial charge in [-0.1, -0.05) is 71.3 Å². The molecule has 0 radical (unpaired) electrons. The minimum Gasteiger partial charge on any atom is -0.543 e. The number of hydrogen-bond donors (Lipinski definition) is 0. The summed E-state index contributed by atoms with van der Waals surface area (Å²) < 4.78 is 19.8. The minimum atomic E-state index is -2.09. The van der Waals surface area contributed by atoms with Crippen LogP contribution in [0.25, 0.3) is 16.3 Å². The molecule has 1 heterocycles. The van der Waals surface area contributed by atoms with Crippen molar-refractivity contribution in [3.8, 4) is 17.2 Å². The molecular weight excluding hydrogens is 566 g/mol. The molecule has 0 amide bonds. The smallest absolute Gasteiger partial charge is 0.250 e. The van der Waals surface area contributed by atoms with Crippen molar-refractivity contribution in [1.29, 1.82) is 0 Å². The van der Waals surface area contributed by atoms with Crippen LogP contribution >= 0.6 is 11.6 Å². The van der Waals surface area contributed by atoms with Gasteiger partial charge in [-0.05, 0) is 85.9 Å². The van der Waals surface area contributed by atoms with Crippen LogP contribution in [0, 0.1) is 13.5 Å². The third kappa shape index (κ3) is 7.50. The molecule has 1 aromatic heterocycles. The van der Waals surface area contributed by atoms with Gasteiger partial charge in [0.05, 0.1) is 23.6 Å². The molecule has 9 heteroatoms. The Morgan fingerprint density at radius 2 is 1.61 bits per heavy atom. The first-order chi connectivity index (χ1) is 18.8. The Morgan fingerprint density at radius 1 is 0.976 bits per heavy atom. The van der Waals surface area contributed by atoms with Gasteiger partial charge in [0.1, 0.15) is 5.75 Å². The largest absolute Gasteiger partial charge is 0.543 e. The molecule has 2 aromatic carbocycles. The quantitative estimate of drug-likeness (QED) is 0.178. The number of aromatic nitrogens is 2. The molecule has 3 aromatic rings. The molecule has 0 N–H and O–H groups in total. The first-order valence-corrected chi connectivity index (χ1v) is 20.4. The number of rotatable bonds is 9. The van der Waals surface area contributed by atoms with Gasteiger partial charge in [-0.25, -0.2) is 4.85 Å². The van der Waals surface area contributed by atoms with E-state index < -0.39 is 16.6 Å². The Bertz CT molecular complexity index is 1410. The molecule has 0 spiro atoms. The number of nitrogens with zero attached hydrogens (tertiary/aromatic N) is 3. The molecule has 3 rings (SSSR count). The maximum absolute atomic E-state index is 7.42. The van der Waals surface area contributed by atoms with Crippen molar-refractivity contribution in [2.24, 2.45) is 0 Å². The van der Waals surface area contributed by atoms with Crippen molar-refractivity contribution in [3.63, 3.8) is 0 Å². The lowest BCUT2D eigenvalue weighted by molar-refractivity contribution is 0.154. The van der Waals surface area contributed by atoms with Crippen LogP contribution in [0.4, 0.5) is 5.69 Å². The van der Waals surface area contributed by atoms with E-state index in [4.69, 9.17) is 31.4 Å². The SMILES string of the molecule is [C-]#[N+]c1ccc(C[C@@H](c2nnc(-c3cccc(O[Si](C)(C)C(C)(C)C)c3)o2)[C@H](C)O[Si](C)(C)C(C)(C)C)c(C)c1Cl. The zero-order valence-electron chi connectivity index (χ0n) is 26.8. The van der Waals surface area contributed by atoms with E-state index in [9.17, 15) is 0 Å². The summed E-state index contributed by atoms with van der Waals surface area (Å²) in [5.74, 6) is 1.57. The molecule has 6 nitrogen and oxygen atoms in total. The van der Waals surface area contributed by atoms with Crippen LogP contribution in [0.2, 0.25) is 41.3 Å². The van der Waals surface area contributed by atoms with E-state index in [1.165, 1.54) is 0 Å². The third-order valence-electron chi connectivity index (χ3n) is 8.91. The predicted octanol–water partition coefficient (Wildman–Crippen LogP) is 10.4. The van der Waals surface area contributed by atoms with Gasteiger partial charge in [0.2, 0.25) is 25.8 Å². The standard InChI is InChI=1S/C32H46ClN3O3Si2/c1-21-23(17-18-27(34-9)28(21)33)20-26(22(2)38-40(10,11)31(3,4)5)30-36-35-29(37-30)24-15-14-16-25(19-24)39-41(12,13)32(6,7)8/h14-19,22,26H,20H2,1-8,10-13H3/t22-,26+/m0/s1. The Balaban J connectivity index is 2.00. The monoisotopic (exact) mass is 611 g/mol. The molecule has 2 atom stereocenters. The molecule has 0 saturated carbocycles. The van der Waals surface area contributed by atoms with Gasteiger partial charge in [-0.2, -0.15) is 0 Å². The lowest BCUT2D eigenvalue weighted by Crippen LogP contribution is -2.44. The van der Waals surface area contributed by atoms with E-state index in [0.717, 1.165) is 22.4 Å². The van der Waals surface area contributed by atoms with Gasteiger partial charge in [0.25, 0.3) is 0 Å². The first-order valence-electron chi connectivity index (χ1n) is 14.2. The summed E-state index contributed by atoms with van der Waals surface area (Å²) in [6.07, 6.45) is 0.409. The normalized spacial score (nSPS) is 14.4. The molecule has 0 aliphatic heterocycles. The van der Waals surface area contributed by atoms with E-state index in [1.54, 1.807) is 6.07 Å². The van der Waals surface area contributed by atoms with E-state index >= 15 is 0 Å². The van der Waals surface area contributed by atoms with Crippen LogP contribution in [-0.2, 0) is 10.8 Å². The lowest BCUT2D eigenvalue weighted by Gasteiger charge is -2.40. The highest BCUT2D eigenvalue weighted by Crippen LogP contribution is 2.41. The van der Waals surface area contributed by atoms with Gasteiger partial charge in [0, 0.05) is 5.56 Å². The fourth-order valence-electron chi connectivity index (χ4n) is 4.07. The number of halogens is 1.